The zero-order valence-corrected chi connectivity index (χ0v) is 12.9. The van der Waals surface area contributed by atoms with Gasteiger partial charge in [-0.15, -0.1) is 0 Å². The molecule has 0 radical (unpaired) electrons. The highest BCUT2D eigenvalue weighted by Crippen LogP contribution is 2.44. The van der Waals surface area contributed by atoms with Crippen LogP contribution < -0.4 is 15.8 Å². The van der Waals surface area contributed by atoms with Crippen LogP contribution in [-0.2, 0) is 18.4 Å². The van der Waals surface area contributed by atoms with Crippen LogP contribution in [0.15, 0.2) is 30.5 Å². The van der Waals surface area contributed by atoms with Crippen LogP contribution in [0.2, 0.25) is 0 Å². The minimum Gasteiger partial charge on any atom is -0.392 e. The number of carbonyl (C=O) groups excluding carboxylic acids is 1. The number of aryl methyl sites for hydroxylation is 1. The smallest absolute Gasteiger partial charge is 0.392 e. The number of fused-ring (bicyclic) bond motifs is 4. The summed E-state index contributed by atoms with van der Waals surface area (Å²) in [5, 5.41) is 3.43. The molecular formula is C17H20N4O2. The molecule has 2 aliphatic heterocycles. The molecule has 4 rings (SSSR count). The summed E-state index contributed by atoms with van der Waals surface area (Å²) in [5.74, 6) is 1.43. The zero-order valence-electron chi connectivity index (χ0n) is 12.9. The second kappa shape index (κ2) is 5.38. The third-order valence-electron chi connectivity index (χ3n) is 5.05. The average molecular weight is 312 g/mol. The standard InChI is InChI=1S/C17H20N4O2/c18-16(22)23-14-11-20-15-17(6-8-19-9-7-17)13-4-2-1-3-12(13)5-10-21(14)15/h1-4,11,19H,5-10H2,(H2,18,22). The molecule has 1 saturated heterocycles. The van der Waals surface area contributed by atoms with Crippen molar-refractivity contribution in [1.82, 2.24) is 14.9 Å². The molecule has 3 N–H and O–H groups in total. The molecule has 0 atom stereocenters. The number of nitrogens with one attached hydrogen (secondary N) is 1. The molecule has 3 heterocycles. The predicted molar refractivity (Wildman–Crippen MR) is 85.5 cm³/mol. The molecule has 23 heavy (non-hydrogen) atoms. The number of nitrogens with two attached hydrogens (primary N) is 1. The maximum atomic E-state index is 11.2. The molecule has 0 saturated carbocycles. The Labute approximate surface area is 134 Å². The van der Waals surface area contributed by atoms with Gasteiger partial charge in [0.15, 0.2) is 0 Å². The topological polar surface area (TPSA) is 82.2 Å². The van der Waals surface area contributed by atoms with E-state index in [4.69, 9.17) is 10.5 Å². The lowest BCUT2D eigenvalue weighted by molar-refractivity contribution is 0.206. The second-order valence-electron chi connectivity index (χ2n) is 6.23. The molecule has 0 bridgehead atoms. The van der Waals surface area contributed by atoms with E-state index in [1.807, 2.05) is 4.57 Å². The van der Waals surface area contributed by atoms with Gasteiger partial charge in [-0.25, -0.2) is 9.78 Å². The number of rotatable bonds is 1. The number of amides is 1. The Morgan fingerprint density at radius 1 is 1.30 bits per heavy atom. The molecule has 0 aliphatic carbocycles. The van der Waals surface area contributed by atoms with Crippen LogP contribution in [0.5, 0.6) is 5.88 Å². The fourth-order valence-electron chi connectivity index (χ4n) is 4.05. The van der Waals surface area contributed by atoms with E-state index in [1.165, 1.54) is 11.1 Å². The fourth-order valence-corrected chi connectivity index (χ4v) is 4.05. The van der Waals surface area contributed by atoms with Gasteiger partial charge in [0.25, 0.3) is 0 Å². The van der Waals surface area contributed by atoms with Crippen molar-refractivity contribution in [1.29, 1.82) is 0 Å². The zero-order chi connectivity index (χ0) is 15.9. The molecule has 1 amide bonds. The van der Waals surface area contributed by atoms with Gasteiger partial charge in [0.2, 0.25) is 5.88 Å². The number of hydrogen-bond donors (Lipinski definition) is 2. The molecule has 6 heteroatoms. The lowest BCUT2D eigenvalue weighted by Gasteiger charge is -2.37. The number of benzene rings is 1. The molecule has 1 aromatic heterocycles. The van der Waals surface area contributed by atoms with Gasteiger partial charge in [-0.3, -0.25) is 4.57 Å². The van der Waals surface area contributed by atoms with Crippen LogP contribution >= 0.6 is 0 Å². The summed E-state index contributed by atoms with van der Waals surface area (Å²) in [4.78, 5) is 15.8. The van der Waals surface area contributed by atoms with Gasteiger partial charge < -0.3 is 15.8 Å². The Morgan fingerprint density at radius 2 is 2.09 bits per heavy atom. The SMILES string of the molecule is NC(=O)Oc1cnc2n1CCc1ccccc1C21CCNCC1. The first-order valence-electron chi connectivity index (χ1n) is 8.03. The molecule has 6 nitrogen and oxygen atoms in total. The molecule has 1 fully saturated rings. The van der Waals surface area contributed by atoms with Crippen LogP contribution in [0.1, 0.15) is 29.8 Å². The monoisotopic (exact) mass is 312 g/mol. The van der Waals surface area contributed by atoms with Crippen LogP contribution in [-0.4, -0.2) is 28.7 Å². The van der Waals surface area contributed by atoms with Crippen LogP contribution in [0.25, 0.3) is 0 Å². The Hall–Kier alpha value is -2.34. The van der Waals surface area contributed by atoms with Gasteiger partial charge >= 0.3 is 6.09 Å². The molecule has 1 aromatic carbocycles. The van der Waals surface area contributed by atoms with Gasteiger partial charge in [-0.2, -0.15) is 0 Å². The summed E-state index contributed by atoms with van der Waals surface area (Å²) < 4.78 is 7.19. The second-order valence-corrected chi connectivity index (χ2v) is 6.23. The quantitative estimate of drug-likeness (QED) is 0.837. The Balaban J connectivity index is 1.90. The Morgan fingerprint density at radius 3 is 2.87 bits per heavy atom. The number of carbonyl (C=O) groups is 1. The van der Waals surface area contributed by atoms with Gasteiger partial charge in [-0.1, -0.05) is 24.3 Å². The van der Waals surface area contributed by atoms with Crippen molar-refractivity contribution in [3.63, 3.8) is 0 Å². The Bertz CT molecular complexity index is 747. The largest absolute Gasteiger partial charge is 0.411 e. The third kappa shape index (κ3) is 2.21. The van der Waals surface area contributed by atoms with Crippen molar-refractivity contribution in [3.05, 3.63) is 47.4 Å². The highest BCUT2D eigenvalue weighted by Gasteiger charge is 2.42. The van der Waals surface area contributed by atoms with Crippen LogP contribution in [0, 0.1) is 0 Å². The number of nitrogens with zero attached hydrogens (tertiary/aromatic N) is 2. The van der Waals surface area contributed by atoms with Crippen molar-refractivity contribution >= 4 is 6.09 Å². The third-order valence-corrected chi connectivity index (χ3v) is 5.05. The van der Waals surface area contributed by atoms with Crippen LogP contribution in [0.3, 0.4) is 0 Å². The van der Waals surface area contributed by atoms with E-state index in [-0.39, 0.29) is 5.41 Å². The van der Waals surface area contributed by atoms with Crippen molar-refractivity contribution in [2.45, 2.75) is 31.2 Å². The predicted octanol–water partition coefficient (Wildman–Crippen LogP) is 1.57. The molecule has 2 aliphatic rings. The lowest BCUT2D eigenvalue weighted by Crippen LogP contribution is -2.42. The van der Waals surface area contributed by atoms with Gasteiger partial charge in [-0.05, 0) is 43.5 Å². The van der Waals surface area contributed by atoms with Gasteiger partial charge in [0, 0.05) is 6.54 Å². The van der Waals surface area contributed by atoms with Crippen LogP contribution in [0.4, 0.5) is 4.79 Å². The Kier molecular flexibility index (Phi) is 3.34. The van der Waals surface area contributed by atoms with E-state index in [9.17, 15) is 4.79 Å². The number of ether oxygens (including phenoxy) is 1. The minimum atomic E-state index is -0.797. The molecular weight excluding hydrogens is 292 g/mol. The summed E-state index contributed by atoms with van der Waals surface area (Å²) >= 11 is 0. The maximum Gasteiger partial charge on any atom is 0.411 e. The highest BCUT2D eigenvalue weighted by atomic mass is 16.6. The molecule has 120 valence electrons. The molecule has 0 unspecified atom stereocenters. The van der Waals surface area contributed by atoms with E-state index in [1.54, 1.807) is 6.20 Å². The van der Waals surface area contributed by atoms with E-state index < -0.39 is 6.09 Å². The number of hydrogen-bond acceptors (Lipinski definition) is 4. The van der Waals surface area contributed by atoms with E-state index in [0.717, 1.165) is 44.7 Å². The number of piperidine rings is 1. The van der Waals surface area contributed by atoms with E-state index in [2.05, 4.69) is 34.6 Å². The number of primary amides is 1. The fraction of sp³-hybridized carbons (Fsp3) is 0.412. The summed E-state index contributed by atoms with van der Waals surface area (Å²) in [6, 6.07) is 8.60. The van der Waals surface area contributed by atoms with Gasteiger partial charge in [0.05, 0.1) is 11.6 Å². The van der Waals surface area contributed by atoms with Crippen molar-refractivity contribution in [3.8, 4) is 5.88 Å². The number of imidazole rings is 1. The first kappa shape index (κ1) is 14.3. The van der Waals surface area contributed by atoms with Gasteiger partial charge in [0.1, 0.15) is 5.82 Å². The first-order valence-corrected chi connectivity index (χ1v) is 8.03. The van der Waals surface area contributed by atoms with Crippen molar-refractivity contribution in [2.24, 2.45) is 5.73 Å². The summed E-state index contributed by atoms with van der Waals surface area (Å²) in [7, 11) is 0. The number of aromatic nitrogens is 2. The molecule has 2 aromatic rings. The summed E-state index contributed by atoms with van der Waals surface area (Å²) in [6.45, 7) is 2.64. The summed E-state index contributed by atoms with van der Waals surface area (Å²) in [5.41, 5.74) is 7.78. The maximum absolute atomic E-state index is 11.2. The average Bonchev–Trinajstić information content (AvgIpc) is 2.90. The highest BCUT2D eigenvalue weighted by molar-refractivity contribution is 5.67. The van der Waals surface area contributed by atoms with E-state index >= 15 is 0 Å². The first-order chi connectivity index (χ1) is 11.2. The lowest BCUT2D eigenvalue weighted by atomic mass is 9.71. The van der Waals surface area contributed by atoms with Crippen molar-refractivity contribution in [2.75, 3.05) is 13.1 Å². The summed E-state index contributed by atoms with van der Waals surface area (Å²) in [6.07, 6.45) is 3.68. The van der Waals surface area contributed by atoms with Crippen molar-refractivity contribution < 1.29 is 9.53 Å². The normalized spacial score (nSPS) is 18.8. The minimum absolute atomic E-state index is 0.127. The molecule has 1 spiro atoms. The van der Waals surface area contributed by atoms with E-state index in [0.29, 0.717) is 5.88 Å².